The third-order valence-corrected chi connectivity index (χ3v) is 3.31. The molecule has 8 heteroatoms. The van der Waals surface area contributed by atoms with E-state index in [1.54, 1.807) is 18.9 Å². The number of likely N-dealkylation sites (N-methyl/N-ethyl adjacent to an activating group) is 1. The molecule has 0 aliphatic rings. The summed E-state index contributed by atoms with van der Waals surface area (Å²) in [6.45, 7) is 2.56. The number of amides is 2. The van der Waals surface area contributed by atoms with Crippen LogP contribution in [0.4, 0.5) is 4.79 Å². The fourth-order valence-electron chi connectivity index (χ4n) is 1.42. The van der Waals surface area contributed by atoms with Crippen LogP contribution in [0, 0.1) is 0 Å². The third kappa shape index (κ3) is 9.88. The lowest BCUT2D eigenvalue weighted by Crippen LogP contribution is -2.47. The topological polar surface area (TPSA) is 90.9 Å². The number of ether oxygens (including phenoxy) is 1. The number of thioether (sulfide) groups is 1. The highest BCUT2D eigenvalue weighted by molar-refractivity contribution is 7.98. The first-order chi connectivity index (χ1) is 9.51. The minimum absolute atomic E-state index is 0.414. The van der Waals surface area contributed by atoms with E-state index in [1.165, 1.54) is 0 Å². The van der Waals surface area contributed by atoms with Gasteiger partial charge in [-0.3, -0.25) is 0 Å². The largest absolute Gasteiger partial charge is 0.480 e. The normalized spacial score (nSPS) is 12.2. The molecule has 0 spiro atoms. The van der Waals surface area contributed by atoms with Gasteiger partial charge in [-0.1, -0.05) is 0 Å². The number of carboxylic acids is 1. The third-order valence-electron chi connectivity index (χ3n) is 2.67. The predicted octanol–water partition coefficient (Wildman–Crippen LogP) is 0.0701. The van der Waals surface area contributed by atoms with Gasteiger partial charge in [0.1, 0.15) is 6.04 Å². The summed E-state index contributed by atoms with van der Waals surface area (Å²) in [5.74, 6) is -0.316. The van der Waals surface area contributed by atoms with E-state index in [-0.39, 0.29) is 0 Å². The lowest BCUT2D eigenvalue weighted by Gasteiger charge is -2.18. The fraction of sp³-hybridized carbons (Fsp3) is 0.833. The summed E-state index contributed by atoms with van der Waals surface area (Å²) in [6.07, 6.45) is 2.31. The van der Waals surface area contributed by atoms with Crippen LogP contribution in [0.1, 0.15) is 6.42 Å². The number of hydrogen-bond acceptors (Lipinski definition) is 5. The lowest BCUT2D eigenvalue weighted by molar-refractivity contribution is -0.139. The highest BCUT2D eigenvalue weighted by Gasteiger charge is 2.18. The molecule has 0 aromatic heterocycles. The Kier molecular flexibility index (Phi) is 11.2. The van der Waals surface area contributed by atoms with Crippen molar-refractivity contribution in [2.24, 2.45) is 0 Å². The first-order valence-corrected chi connectivity index (χ1v) is 7.84. The Morgan fingerprint density at radius 2 is 2.10 bits per heavy atom. The zero-order valence-corrected chi connectivity index (χ0v) is 13.2. The van der Waals surface area contributed by atoms with Gasteiger partial charge >= 0.3 is 12.0 Å². The summed E-state index contributed by atoms with van der Waals surface area (Å²) in [4.78, 5) is 24.6. The monoisotopic (exact) mass is 307 g/mol. The van der Waals surface area contributed by atoms with Crippen molar-refractivity contribution < 1.29 is 19.4 Å². The highest BCUT2D eigenvalue weighted by atomic mass is 32.2. The molecule has 3 N–H and O–H groups in total. The van der Waals surface area contributed by atoms with Gasteiger partial charge in [0.25, 0.3) is 0 Å². The number of methoxy groups -OCH3 is 1. The molecular weight excluding hydrogens is 282 g/mol. The average Bonchev–Trinajstić information content (AvgIpc) is 2.40. The summed E-state index contributed by atoms with van der Waals surface area (Å²) < 4.78 is 4.95. The Hall–Kier alpha value is -0.990. The van der Waals surface area contributed by atoms with Gasteiger partial charge in [-0.05, 0) is 25.5 Å². The van der Waals surface area contributed by atoms with Gasteiger partial charge < -0.3 is 25.4 Å². The summed E-state index contributed by atoms with van der Waals surface area (Å²) in [5.41, 5.74) is 0. The molecule has 118 valence electrons. The van der Waals surface area contributed by atoms with Crippen LogP contribution in [-0.2, 0) is 9.53 Å². The molecule has 0 fully saturated rings. The van der Waals surface area contributed by atoms with E-state index in [4.69, 9.17) is 9.84 Å². The number of carboxylic acid groups (broad SMARTS) is 1. The number of nitrogens with one attached hydrogen (secondary N) is 2. The smallest absolute Gasteiger partial charge is 0.326 e. The van der Waals surface area contributed by atoms with Crippen molar-refractivity contribution in [3.63, 3.8) is 0 Å². The maximum atomic E-state index is 11.6. The molecule has 0 aromatic carbocycles. The van der Waals surface area contributed by atoms with Crippen molar-refractivity contribution in [2.45, 2.75) is 12.5 Å². The molecular formula is C12H25N3O4S. The van der Waals surface area contributed by atoms with Crippen molar-refractivity contribution in [3.05, 3.63) is 0 Å². The Bertz CT molecular complexity index is 292. The van der Waals surface area contributed by atoms with Crippen molar-refractivity contribution >= 4 is 23.8 Å². The molecule has 0 aromatic rings. The van der Waals surface area contributed by atoms with Crippen LogP contribution in [0.2, 0.25) is 0 Å². The first kappa shape index (κ1) is 19.0. The van der Waals surface area contributed by atoms with Crippen molar-refractivity contribution in [1.82, 2.24) is 15.5 Å². The van der Waals surface area contributed by atoms with E-state index < -0.39 is 18.0 Å². The Morgan fingerprint density at radius 1 is 1.40 bits per heavy atom. The van der Waals surface area contributed by atoms with Crippen LogP contribution in [0.25, 0.3) is 0 Å². The zero-order valence-electron chi connectivity index (χ0n) is 12.3. The van der Waals surface area contributed by atoms with E-state index >= 15 is 0 Å². The second-order valence-corrected chi connectivity index (χ2v) is 5.35. The minimum Gasteiger partial charge on any atom is -0.480 e. The SMILES string of the molecule is COCCN(C)CCNC(=O)N[C@H](CCSC)C(=O)O. The lowest BCUT2D eigenvalue weighted by atomic mass is 10.2. The highest BCUT2D eigenvalue weighted by Crippen LogP contribution is 2.00. The maximum absolute atomic E-state index is 11.6. The van der Waals surface area contributed by atoms with Gasteiger partial charge in [-0.15, -0.1) is 0 Å². The van der Waals surface area contributed by atoms with Crippen LogP contribution < -0.4 is 10.6 Å². The molecule has 1 atom stereocenters. The summed E-state index contributed by atoms with van der Waals surface area (Å²) >= 11 is 1.55. The number of nitrogens with zero attached hydrogens (tertiary/aromatic N) is 1. The van der Waals surface area contributed by atoms with Gasteiger partial charge in [-0.2, -0.15) is 11.8 Å². The van der Waals surface area contributed by atoms with Crippen LogP contribution in [0.3, 0.4) is 0 Å². The van der Waals surface area contributed by atoms with E-state index in [9.17, 15) is 9.59 Å². The van der Waals surface area contributed by atoms with Gasteiger partial charge in [0.05, 0.1) is 6.61 Å². The van der Waals surface area contributed by atoms with Gasteiger partial charge in [0.15, 0.2) is 0 Å². The number of carbonyl (C=O) groups is 2. The van der Waals surface area contributed by atoms with Crippen LogP contribution >= 0.6 is 11.8 Å². The van der Waals surface area contributed by atoms with Gasteiger partial charge in [0, 0.05) is 26.7 Å². The van der Waals surface area contributed by atoms with Crippen molar-refractivity contribution in [2.75, 3.05) is 52.4 Å². The summed E-state index contributed by atoms with van der Waals surface area (Å²) in [5, 5.41) is 14.1. The number of carbonyl (C=O) groups excluding carboxylic acids is 1. The Balaban J connectivity index is 3.87. The molecule has 7 nitrogen and oxygen atoms in total. The number of urea groups is 1. The minimum atomic E-state index is -1.01. The van der Waals surface area contributed by atoms with Crippen molar-refractivity contribution in [3.8, 4) is 0 Å². The predicted molar refractivity (Wildman–Crippen MR) is 80.3 cm³/mol. The fourth-order valence-corrected chi connectivity index (χ4v) is 1.89. The molecule has 0 saturated heterocycles. The van der Waals surface area contributed by atoms with E-state index in [2.05, 4.69) is 10.6 Å². The summed E-state index contributed by atoms with van der Waals surface area (Å²) in [7, 11) is 3.57. The van der Waals surface area contributed by atoms with Crippen LogP contribution in [0.15, 0.2) is 0 Å². The van der Waals surface area contributed by atoms with E-state index in [1.807, 2.05) is 18.2 Å². The quantitative estimate of drug-likeness (QED) is 0.500. The molecule has 0 aliphatic carbocycles. The van der Waals surface area contributed by atoms with Crippen LogP contribution in [-0.4, -0.2) is 80.5 Å². The summed E-state index contributed by atoms with van der Waals surface area (Å²) in [6, 6.07) is -1.28. The van der Waals surface area contributed by atoms with E-state index in [0.29, 0.717) is 31.9 Å². The van der Waals surface area contributed by atoms with Gasteiger partial charge in [0.2, 0.25) is 0 Å². The second kappa shape index (κ2) is 11.8. The van der Waals surface area contributed by atoms with Gasteiger partial charge in [-0.25, -0.2) is 9.59 Å². The molecule has 2 amide bonds. The maximum Gasteiger partial charge on any atom is 0.326 e. The average molecular weight is 307 g/mol. The Morgan fingerprint density at radius 3 is 2.65 bits per heavy atom. The molecule has 0 radical (unpaired) electrons. The molecule has 0 bridgehead atoms. The van der Waals surface area contributed by atoms with Crippen LogP contribution in [0.5, 0.6) is 0 Å². The molecule has 0 saturated carbocycles. The standard InChI is InChI=1S/C12H25N3O4S/c1-15(7-8-19-2)6-5-13-12(18)14-10(11(16)17)4-9-20-3/h10H,4-9H2,1-3H3,(H,16,17)(H2,13,14,18)/t10-/m1/s1. The molecule has 20 heavy (non-hydrogen) atoms. The van der Waals surface area contributed by atoms with Crippen molar-refractivity contribution in [1.29, 1.82) is 0 Å². The number of hydrogen-bond donors (Lipinski definition) is 3. The number of aliphatic carboxylic acids is 1. The zero-order chi connectivity index (χ0) is 15.4. The molecule has 0 rings (SSSR count). The Labute approximate surface area is 124 Å². The molecule has 0 heterocycles. The first-order valence-electron chi connectivity index (χ1n) is 6.44. The second-order valence-electron chi connectivity index (χ2n) is 4.37. The molecule has 0 unspecified atom stereocenters. The molecule has 0 aliphatic heterocycles. The van der Waals surface area contributed by atoms with E-state index in [0.717, 1.165) is 6.54 Å². The number of rotatable bonds is 11.